The Kier molecular flexibility index (Phi) is 4.77. The van der Waals surface area contributed by atoms with Crippen molar-refractivity contribution in [3.63, 3.8) is 0 Å². The molecule has 114 valence electrons. The molecular weight excluding hydrogens is 284 g/mol. The van der Waals surface area contributed by atoms with Gasteiger partial charge in [0.2, 0.25) is 5.91 Å². The Balaban J connectivity index is 1.98. The molecular formula is C15H22N4OS. The summed E-state index contributed by atoms with van der Waals surface area (Å²) in [6.07, 6.45) is 3.01. The van der Waals surface area contributed by atoms with E-state index in [1.54, 1.807) is 22.4 Å². The zero-order valence-electron chi connectivity index (χ0n) is 13.3. The average Bonchev–Trinajstić information content (AvgIpc) is 3.06. The first-order valence-corrected chi connectivity index (χ1v) is 7.94. The molecule has 0 radical (unpaired) electrons. The molecule has 0 unspecified atom stereocenters. The normalized spacial score (nSPS) is 12.4. The quantitative estimate of drug-likeness (QED) is 0.853. The fraction of sp³-hybridized carbons (Fsp3) is 0.533. The van der Waals surface area contributed by atoms with Gasteiger partial charge in [-0.05, 0) is 32.8 Å². The molecule has 0 aliphatic carbocycles. The maximum atomic E-state index is 12.4. The number of aryl methyl sites for hydroxylation is 2. The molecule has 2 heterocycles. The van der Waals surface area contributed by atoms with E-state index in [1.807, 2.05) is 44.9 Å². The van der Waals surface area contributed by atoms with Crippen LogP contribution in [0.2, 0.25) is 0 Å². The number of amides is 1. The lowest BCUT2D eigenvalue weighted by Crippen LogP contribution is -2.29. The lowest BCUT2D eigenvalue weighted by atomic mass is 10.1. The molecule has 1 atom stereocenters. The molecule has 0 aromatic carbocycles. The monoisotopic (exact) mass is 306 g/mol. The van der Waals surface area contributed by atoms with Crippen molar-refractivity contribution in [2.45, 2.75) is 39.7 Å². The molecule has 0 bridgehead atoms. The molecule has 21 heavy (non-hydrogen) atoms. The van der Waals surface area contributed by atoms with Crippen molar-refractivity contribution < 1.29 is 4.79 Å². The summed E-state index contributed by atoms with van der Waals surface area (Å²) in [5, 5.41) is 7.30. The van der Waals surface area contributed by atoms with E-state index >= 15 is 0 Å². The van der Waals surface area contributed by atoms with Crippen LogP contribution < -0.4 is 0 Å². The van der Waals surface area contributed by atoms with Gasteiger partial charge in [-0.2, -0.15) is 5.10 Å². The summed E-state index contributed by atoms with van der Waals surface area (Å²) in [5.74, 6) is 0.139. The largest absolute Gasteiger partial charge is 0.337 e. The number of nitrogens with zero attached hydrogens (tertiary/aromatic N) is 4. The molecule has 2 aromatic rings. The molecule has 2 aromatic heterocycles. The summed E-state index contributed by atoms with van der Waals surface area (Å²) in [4.78, 5) is 18.4. The van der Waals surface area contributed by atoms with Crippen molar-refractivity contribution in [3.05, 3.63) is 33.5 Å². The molecule has 0 saturated carbocycles. The fourth-order valence-electron chi connectivity index (χ4n) is 2.41. The highest BCUT2D eigenvalue weighted by molar-refractivity contribution is 7.09. The number of hydrogen-bond acceptors (Lipinski definition) is 4. The number of rotatable bonds is 5. The SMILES string of the molecule is Cc1nn(C)c(C)c1CCC(=O)N(C)[C@@H](C)c1nccs1. The smallest absolute Gasteiger partial charge is 0.223 e. The van der Waals surface area contributed by atoms with Crippen LogP contribution >= 0.6 is 11.3 Å². The van der Waals surface area contributed by atoms with E-state index in [9.17, 15) is 4.79 Å². The van der Waals surface area contributed by atoms with Crippen LogP contribution in [0, 0.1) is 13.8 Å². The number of aromatic nitrogens is 3. The standard InChI is InChI=1S/C15H22N4OS/c1-10-13(11(2)19(5)17-10)6-7-14(20)18(4)12(3)15-16-8-9-21-15/h8-9,12H,6-7H2,1-5H3/t12-/m0/s1. The van der Waals surface area contributed by atoms with Gasteiger partial charge in [0.15, 0.2) is 0 Å². The molecule has 0 saturated heterocycles. The second-order valence-electron chi connectivity index (χ2n) is 5.32. The van der Waals surface area contributed by atoms with Gasteiger partial charge in [-0.3, -0.25) is 9.48 Å². The minimum Gasteiger partial charge on any atom is -0.337 e. The van der Waals surface area contributed by atoms with Crippen molar-refractivity contribution in [2.75, 3.05) is 7.05 Å². The van der Waals surface area contributed by atoms with Crippen molar-refractivity contribution >= 4 is 17.2 Å². The molecule has 2 rings (SSSR count). The van der Waals surface area contributed by atoms with Crippen LogP contribution in [0.4, 0.5) is 0 Å². The molecule has 0 aliphatic heterocycles. The van der Waals surface area contributed by atoms with Gasteiger partial charge in [-0.1, -0.05) is 0 Å². The summed E-state index contributed by atoms with van der Waals surface area (Å²) < 4.78 is 1.87. The van der Waals surface area contributed by atoms with Gasteiger partial charge < -0.3 is 4.90 Å². The summed E-state index contributed by atoms with van der Waals surface area (Å²) in [5.41, 5.74) is 3.33. The van der Waals surface area contributed by atoms with E-state index in [-0.39, 0.29) is 11.9 Å². The average molecular weight is 306 g/mol. The predicted octanol–water partition coefficient (Wildman–Crippen LogP) is 2.65. The van der Waals surface area contributed by atoms with Crippen molar-refractivity contribution in [3.8, 4) is 0 Å². The van der Waals surface area contributed by atoms with E-state index in [2.05, 4.69) is 10.1 Å². The van der Waals surface area contributed by atoms with Crippen LogP contribution in [0.1, 0.15) is 41.3 Å². The highest BCUT2D eigenvalue weighted by Gasteiger charge is 2.20. The van der Waals surface area contributed by atoms with E-state index in [4.69, 9.17) is 0 Å². The third-order valence-corrected chi connectivity index (χ3v) is 4.98. The second kappa shape index (κ2) is 6.39. The van der Waals surface area contributed by atoms with Gasteiger partial charge in [-0.15, -0.1) is 11.3 Å². The predicted molar refractivity (Wildman–Crippen MR) is 84.3 cm³/mol. The van der Waals surface area contributed by atoms with Crippen molar-refractivity contribution in [2.24, 2.45) is 7.05 Å². The van der Waals surface area contributed by atoms with E-state index in [0.29, 0.717) is 6.42 Å². The molecule has 0 fully saturated rings. The van der Waals surface area contributed by atoms with Gasteiger partial charge in [0, 0.05) is 37.8 Å². The lowest BCUT2D eigenvalue weighted by molar-refractivity contribution is -0.131. The Morgan fingerprint density at radius 3 is 2.71 bits per heavy atom. The number of carbonyl (C=O) groups excluding carboxylic acids is 1. The zero-order valence-corrected chi connectivity index (χ0v) is 14.1. The maximum absolute atomic E-state index is 12.4. The highest BCUT2D eigenvalue weighted by atomic mass is 32.1. The van der Waals surface area contributed by atoms with Crippen LogP contribution in [-0.2, 0) is 18.3 Å². The Hall–Kier alpha value is -1.69. The van der Waals surface area contributed by atoms with Gasteiger partial charge >= 0.3 is 0 Å². The minimum absolute atomic E-state index is 0.0218. The Labute approximate surface area is 129 Å². The Morgan fingerprint density at radius 2 is 2.19 bits per heavy atom. The minimum atomic E-state index is 0.0218. The molecule has 0 spiro atoms. The first-order chi connectivity index (χ1) is 9.91. The van der Waals surface area contributed by atoms with Crippen LogP contribution in [0.3, 0.4) is 0 Å². The van der Waals surface area contributed by atoms with Gasteiger partial charge in [-0.25, -0.2) is 4.98 Å². The third-order valence-electron chi connectivity index (χ3n) is 4.03. The maximum Gasteiger partial charge on any atom is 0.223 e. The van der Waals surface area contributed by atoms with Crippen molar-refractivity contribution in [1.82, 2.24) is 19.7 Å². The molecule has 5 nitrogen and oxygen atoms in total. The first-order valence-electron chi connectivity index (χ1n) is 7.06. The number of thiazole rings is 1. The highest BCUT2D eigenvalue weighted by Crippen LogP contribution is 2.22. The van der Waals surface area contributed by atoms with Crippen LogP contribution in [0.25, 0.3) is 0 Å². The number of hydrogen-bond donors (Lipinski definition) is 0. The molecule has 0 aliphatic rings. The van der Waals surface area contributed by atoms with Crippen LogP contribution in [0.15, 0.2) is 11.6 Å². The topological polar surface area (TPSA) is 51.0 Å². The molecule has 1 amide bonds. The first kappa shape index (κ1) is 15.7. The van der Waals surface area contributed by atoms with Crippen LogP contribution in [0.5, 0.6) is 0 Å². The van der Waals surface area contributed by atoms with Gasteiger partial charge in [0.25, 0.3) is 0 Å². The zero-order chi connectivity index (χ0) is 15.6. The molecule has 0 N–H and O–H groups in total. The fourth-order valence-corrected chi connectivity index (χ4v) is 3.15. The van der Waals surface area contributed by atoms with Crippen molar-refractivity contribution in [1.29, 1.82) is 0 Å². The number of carbonyl (C=O) groups is 1. The summed E-state index contributed by atoms with van der Waals surface area (Å²) in [7, 11) is 3.78. The van der Waals surface area contributed by atoms with Crippen LogP contribution in [-0.4, -0.2) is 32.6 Å². The second-order valence-corrected chi connectivity index (χ2v) is 6.25. The van der Waals surface area contributed by atoms with E-state index in [0.717, 1.165) is 22.8 Å². The summed E-state index contributed by atoms with van der Waals surface area (Å²) in [6.45, 7) is 6.05. The van der Waals surface area contributed by atoms with E-state index < -0.39 is 0 Å². The summed E-state index contributed by atoms with van der Waals surface area (Å²) >= 11 is 1.58. The Morgan fingerprint density at radius 1 is 1.48 bits per heavy atom. The van der Waals surface area contributed by atoms with Gasteiger partial charge in [0.1, 0.15) is 5.01 Å². The Bertz CT molecular complexity index is 618. The third kappa shape index (κ3) is 3.32. The van der Waals surface area contributed by atoms with Gasteiger partial charge in [0.05, 0.1) is 11.7 Å². The van der Waals surface area contributed by atoms with E-state index in [1.165, 1.54) is 5.56 Å². The lowest BCUT2D eigenvalue weighted by Gasteiger charge is -2.23. The summed E-state index contributed by atoms with van der Waals surface area (Å²) in [6, 6.07) is 0.0218. The molecule has 6 heteroatoms.